The average molecular weight is 245 g/mol. The van der Waals surface area contributed by atoms with Crippen LogP contribution in [-0.4, -0.2) is 12.6 Å². The van der Waals surface area contributed by atoms with Crippen LogP contribution in [0.2, 0.25) is 0 Å². The van der Waals surface area contributed by atoms with Gasteiger partial charge in [-0.2, -0.15) is 0 Å². The number of nitrogens with one attached hydrogen (secondary N) is 1. The maximum Gasteiger partial charge on any atom is 0.119 e. The maximum absolute atomic E-state index is 5.56. The minimum absolute atomic E-state index is 0.135. The van der Waals surface area contributed by atoms with E-state index in [-0.39, 0.29) is 12.1 Å². The summed E-state index contributed by atoms with van der Waals surface area (Å²) in [7, 11) is 0. The van der Waals surface area contributed by atoms with E-state index < -0.39 is 0 Å². The summed E-state index contributed by atoms with van der Waals surface area (Å²) in [6, 6.07) is 8.60. The third-order valence-corrected chi connectivity index (χ3v) is 2.91. The number of terminal acetylenes is 1. The molecule has 2 unspecified atom stereocenters. The smallest absolute Gasteiger partial charge is 0.119 e. The van der Waals surface area contributed by atoms with Crippen LogP contribution in [0.3, 0.4) is 0 Å². The highest BCUT2D eigenvalue weighted by molar-refractivity contribution is 5.29. The van der Waals surface area contributed by atoms with Crippen LogP contribution in [0, 0.1) is 12.3 Å². The molecule has 2 atom stereocenters. The second kappa shape index (κ2) is 7.79. The second-order valence-electron chi connectivity index (χ2n) is 4.43. The van der Waals surface area contributed by atoms with Gasteiger partial charge in [-0.1, -0.05) is 31.9 Å². The Kier molecular flexibility index (Phi) is 6.32. The molecule has 0 radical (unpaired) electrons. The summed E-state index contributed by atoms with van der Waals surface area (Å²) < 4.78 is 5.56. The van der Waals surface area contributed by atoms with E-state index >= 15 is 0 Å². The molecule has 2 nitrogen and oxygen atoms in total. The van der Waals surface area contributed by atoms with Gasteiger partial charge >= 0.3 is 0 Å². The Morgan fingerprint density at radius 2 is 1.94 bits per heavy atom. The van der Waals surface area contributed by atoms with E-state index in [1.807, 2.05) is 12.1 Å². The molecule has 0 amide bonds. The number of benzene rings is 1. The van der Waals surface area contributed by atoms with E-state index in [4.69, 9.17) is 11.2 Å². The van der Waals surface area contributed by atoms with E-state index in [1.165, 1.54) is 5.56 Å². The Hall–Kier alpha value is -1.46. The summed E-state index contributed by atoms with van der Waals surface area (Å²) >= 11 is 0. The van der Waals surface area contributed by atoms with Crippen LogP contribution in [0.1, 0.15) is 45.2 Å². The van der Waals surface area contributed by atoms with Gasteiger partial charge in [-0.3, -0.25) is 5.32 Å². The molecule has 0 saturated heterocycles. The zero-order chi connectivity index (χ0) is 13.4. The van der Waals surface area contributed by atoms with E-state index in [9.17, 15) is 0 Å². The molecule has 0 spiro atoms. The molecule has 0 aliphatic rings. The zero-order valence-corrected chi connectivity index (χ0v) is 11.6. The highest BCUT2D eigenvalue weighted by Gasteiger charge is 2.09. The Balaban J connectivity index is 2.58. The molecule has 0 heterocycles. The molecule has 98 valence electrons. The number of hydrogen-bond donors (Lipinski definition) is 1. The molecule has 1 aromatic rings. The van der Waals surface area contributed by atoms with Gasteiger partial charge in [0.1, 0.15) is 5.75 Å². The SMILES string of the molecule is C#CC(CC)NC(C)c1ccc(OCCC)cc1. The minimum atomic E-state index is 0.135. The van der Waals surface area contributed by atoms with Crippen molar-refractivity contribution in [1.29, 1.82) is 0 Å². The van der Waals surface area contributed by atoms with Crippen LogP contribution in [0.5, 0.6) is 5.75 Å². The first-order valence-corrected chi connectivity index (χ1v) is 6.66. The molecule has 1 rings (SSSR count). The first-order valence-electron chi connectivity index (χ1n) is 6.66. The lowest BCUT2D eigenvalue weighted by molar-refractivity contribution is 0.317. The van der Waals surface area contributed by atoms with Crippen LogP contribution in [-0.2, 0) is 0 Å². The predicted octanol–water partition coefficient (Wildman–Crippen LogP) is 3.54. The van der Waals surface area contributed by atoms with Gasteiger partial charge in [0.05, 0.1) is 12.6 Å². The quantitative estimate of drug-likeness (QED) is 0.742. The van der Waals surface area contributed by atoms with E-state index in [0.717, 1.165) is 25.2 Å². The molecule has 1 aromatic carbocycles. The van der Waals surface area contributed by atoms with Gasteiger partial charge in [-0.25, -0.2) is 0 Å². The van der Waals surface area contributed by atoms with Gasteiger partial charge < -0.3 is 4.74 Å². The zero-order valence-electron chi connectivity index (χ0n) is 11.6. The third kappa shape index (κ3) is 4.43. The van der Waals surface area contributed by atoms with Crippen LogP contribution in [0.4, 0.5) is 0 Å². The third-order valence-electron chi connectivity index (χ3n) is 2.91. The normalized spacial score (nSPS) is 13.7. The second-order valence-corrected chi connectivity index (χ2v) is 4.43. The summed E-state index contributed by atoms with van der Waals surface area (Å²) in [6.45, 7) is 7.08. The summed E-state index contributed by atoms with van der Waals surface area (Å²) in [5, 5.41) is 3.42. The van der Waals surface area contributed by atoms with Crippen molar-refractivity contribution >= 4 is 0 Å². The molecule has 0 aliphatic heterocycles. The molecular formula is C16H23NO. The van der Waals surface area contributed by atoms with Crippen molar-refractivity contribution in [3.8, 4) is 18.1 Å². The Morgan fingerprint density at radius 1 is 1.28 bits per heavy atom. The van der Waals surface area contributed by atoms with Crippen LogP contribution in [0.25, 0.3) is 0 Å². The molecule has 1 N–H and O–H groups in total. The average Bonchev–Trinajstić information content (AvgIpc) is 2.42. The lowest BCUT2D eigenvalue weighted by Crippen LogP contribution is -2.29. The molecule has 0 fully saturated rings. The molecule has 0 saturated carbocycles. The lowest BCUT2D eigenvalue weighted by Gasteiger charge is -2.18. The van der Waals surface area contributed by atoms with Gasteiger partial charge in [0.25, 0.3) is 0 Å². The molecule has 18 heavy (non-hydrogen) atoms. The van der Waals surface area contributed by atoms with Crippen molar-refractivity contribution in [3.63, 3.8) is 0 Å². The molecular weight excluding hydrogens is 222 g/mol. The molecule has 2 heteroatoms. The van der Waals surface area contributed by atoms with Crippen LogP contribution in [0.15, 0.2) is 24.3 Å². The lowest BCUT2D eigenvalue weighted by atomic mass is 10.1. The van der Waals surface area contributed by atoms with Crippen molar-refractivity contribution in [2.45, 2.75) is 45.7 Å². The fourth-order valence-corrected chi connectivity index (χ4v) is 1.75. The van der Waals surface area contributed by atoms with E-state index in [0.29, 0.717) is 0 Å². The van der Waals surface area contributed by atoms with Crippen molar-refractivity contribution in [1.82, 2.24) is 5.32 Å². The largest absolute Gasteiger partial charge is 0.494 e. The van der Waals surface area contributed by atoms with E-state index in [2.05, 4.69) is 44.1 Å². The summed E-state index contributed by atoms with van der Waals surface area (Å²) in [4.78, 5) is 0. The summed E-state index contributed by atoms with van der Waals surface area (Å²) in [6.07, 6.45) is 7.43. The van der Waals surface area contributed by atoms with Gasteiger partial charge in [-0.05, 0) is 37.5 Å². The summed E-state index contributed by atoms with van der Waals surface area (Å²) in [5.74, 6) is 3.68. The van der Waals surface area contributed by atoms with Crippen molar-refractivity contribution in [2.75, 3.05) is 6.61 Å². The minimum Gasteiger partial charge on any atom is -0.494 e. The van der Waals surface area contributed by atoms with Gasteiger partial charge in [0, 0.05) is 6.04 Å². The van der Waals surface area contributed by atoms with Gasteiger partial charge in [0.2, 0.25) is 0 Å². The predicted molar refractivity (Wildman–Crippen MR) is 76.7 cm³/mol. The van der Waals surface area contributed by atoms with Crippen molar-refractivity contribution in [2.24, 2.45) is 0 Å². The number of rotatable bonds is 7. The fourth-order valence-electron chi connectivity index (χ4n) is 1.75. The first kappa shape index (κ1) is 14.6. The summed E-state index contributed by atoms with van der Waals surface area (Å²) in [5.41, 5.74) is 1.23. The Labute approximate surface area is 111 Å². The highest BCUT2D eigenvalue weighted by atomic mass is 16.5. The van der Waals surface area contributed by atoms with Crippen molar-refractivity contribution < 1.29 is 4.74 Å². The Morgan fingerprint density at radius 3 is 2.44 bits per heavy atom. The van der Waals surface area contributed by atoms with Gasteiger partial charge in [0.15, 0.2) is 0 Å². The van der Waals surface area contributed by atoms with Gasteiger partial charge in [-0.15, -0.1) is 6.42 Å². The molecule has 0 aliphatic carbocycles. The first-order chi connectivity index (χ1) is 8.71. The van der Waals surface area contributed by atoms with Crippen LogP contribution >= 0.6 is 0 Å². The molecule has 0 aromatic heterocycles. The van der Waals surface area contributed by atoms with E-state index in [1.54, 1.807) is 0 Å². The molecule has 0 bridgehead atoms. The number of hydrogen-bond acceptors (Lipinski definition) is 2. The standard InChI is InChI=1S/C16H23NO/c1-5-12-18-16-10-8-14(9-11-16)13(4)17-15(6-2)7-3/h2,8-11,13,15,17H,5,7,12H2,1,3-4H3. The Bertz CT molecular complexity index is 377. The number of ether oxygens (including phenoxy) is 1. The topological polar surface area (TPSA) is 21.3 Å². The monoisotopic (exact) mass is 245 g/mol. The maximum atomic E-state index is 5.56. The van der Waals surface area contributed by atoms with Crippen LogP contribution < -0.4 is 10.1 Å². The van der Waals surface area contributed by atoms with Crippen molar-refractivity contribution in [3.05, 3.63) is 29.8 Å². The highest BCUT2D eigenvalue weighted by Crippen LogP contribution is 2.18. The fraction of sp³-hybridized carbons (Fsp3) is 0.500.